The standard InChI is InChI=1S/C35H50NO3PS/c1-26-12-10-11-17-30(26)32-22-29(18-19-31(32)34(37)36-33(35(38)39)20-21-41-2)25-40(24-28-15-8-5-9-16-28)23-27-13-6-3-4-7-14-27/h10-12,17-19,22,27-28,33H,3-9,13-16,20-21,23-25H2,1-2H3,(H,36,37)(H,38,39). The van der Waals surface area contributed by atoms with Gasteiger partial charge in [-0.2, -0.15) is 11.8 Å². The lowest BCUT2D eigenvalue weighted by atomic mass is 9.91. The molecule has 2 aromatic rings. The summed E-state index contributed by atoms with van der Waals surface area (Å²) in [4.78, 5) is 25.4. The van der Waals surface area contributed by atoms with Crippen LogP contribution in [0.3, 0.4) is 0 Å². The lowest BCUT2D eigenvalue weighted by molar-refractivity contribution is -0.139. The van der Waals surface area contributed by atoms with Gasteiger partial charge in [0.15, 0.2) is 0 Å². The maximum Gasteiger partial charge on any atom is 0.326 e. The van der Waals surface area contributed by atoms with Crippen LogP contribution in [0.15, 0.2) is 42.5 Å². The lowest BCUT2D eigenvalue weighted by Crippen LogP contribution is -2.41. The molecule has 41 heavy (non-hydrogen) atoms. The molecule has 2 atom stereocenters. The minimum absolute atomic E-state index is 0.118. The van der Waals surface area contributed by atoms with Gasteiger partial charge in [0, 0.05) is 5.56 Å². The molecule has 2 aliphatic carbocycles. The number of carboxylic acid groups (broad SMARTS) is 1. The van der Waals surface area contributed by atoms with Crippen molar-refractivity contribution >= 4 is 31.6 Å². The zero-order chi connectivity index (χ0) is 29.0. The van der Waals surface area contributed by atoms with E-state index < -0.39 is 12.0 Å². The second-order valence-electron chi connectivity index (χ2n) is 12.4. The molecule has 2 aromatic carbocycles. The van der Waals surface area contributed by atoms with Crippen molar-refractivity contribution in [1.82, 2.24) is 5.32 Å². The fraction of sp³-hybridized carbons (Fsp3) is 0.600. The van der Waals surface area contributed by atoms with Gasteiger partial charge in [0.2, 0.25) is 0 Å². The summed E-state index contributed by atoms with van der Waals surface area (Å²) in [7, 11) is -0.118. The van der Waals surface area contributed by atoms with Gasteiger partial charge in [-0.1, -0.05) is 101 Å². The Bertz CT molecular complexity index is 1120. The summed E-state index contributed by atoms with van der Waals surface area (Å²) in [5, 5.41) is 12.6. The average Bonchev–Trinajstić information content (AvgIpc) is 3.24. The molecule has 2 unspecified atom stereocenters. The predicted molar refractivity (Wildman–Crippen MR) is 177 cm³/mol. The molecule has 4 nitrogen and oxygen atoms in total. The van der Waals surface area contributed by atoms with Crippen LogP contribution in [0.2, 0.25) is 0 Å². The third-order valence-electron chi connectivity index (χ3n) is 9.12. The van der Waals surface area contributed by atoms with Gasteiger partial charge in [-0.05, 0) is 90.1 Å². The van der Waals surface area contributed by atoms with E-state index >= 15 is 0 Å². The monoisotopic (exact) mass is 595 g/mol. The fourth-order valence-electron chi connectivity index (χ4n) is 6.82. The Morgan fingerprint density at radius 1 is 0.902 bits per heavy atom. The van der Waals surface area contributed by atoms with Gasteiger partial charge in [0.1, 0.15) is 6.04 Å². The van der Waals surface area contributed by atoms with Crippen LogP contribution in [0.25, 0.3) is 11.1 Å². The highest BCUT2D eigenvalue weighted by Gasteiger charge is 2.25. The maximum absolute atomic E-state index is 13.5. The van der Waals surface area contributed by atoms with Gasteiger partial charge < -0.3 is 10.4 Å². The minimum Gasteiger partial charge on any atom is -0.480 e. The highest BCUT2D eigenvalue weighted by atomic mass is 32.2. The minimum atomic E-state index is -0.978. The number of amides is 1. The molecule has 2 fully saturated rings. The van der Waals surface area contributed by atoms with Crippen molar-refractivity contribution in [3.8, 4) is 11.1 Å². The van der Waals surface area contributed by atoms with Crippen LogP contribution in [-0.4, -0.2) is 47.4 Å². The quantitative estimate of drug-likeness (QED) is 0.179. The highest BCUT2D eigenvalue weighted by molar-refractivity contribution is 7.98. The number of hydrogen-bond donors (Lipinski definition) is 2. The van der Waals surface area contributed by atoms with E-state index in [2.05, 4.69) is 36.5 Å². The maximum atomic E-state index is 13.5. The lowest BCUT2D eigenvalue weighted by Gasteiger charge is -2.30. The van der Waals surface area contributed by atoms with E-state index in [1.165, 1.54) is 88.5 Å². The number of rotatable bonds is 13. The zero-order valence-corrected chi connectivity index (χ0v) is 26.9. The second-order valence-corrected chi connectivity index (χ2v) is 15.8. The molecule has 0 bridgehead atoms. The first-order valence-electron chi connectivity index (χ1n) is 15.9. The summed E-state index contributed by atoms with van der Waals surface area (Å²) in [5.74, 6) is 1.17. The summed E-state index contributed by atoms with van der Waals surface area (Å²) in [5.41, 5.74) is 5.00. The number of aliphatic carboxylic acids is 1. The first-order valence-corrected chi connectivity index (χ1v) is 19.2. The smallest absolute Gasteiger partial charge is 0.326 e. The van der Waals surface area contributed by atoms with E-state index in [-0.39, 0.29) is 13.8 Å². The van der Waals surface area contributed by atoms with E-state index in [9.17, 15) is 14.7 Å². The molecular formula is C35H50NO3PS. The summed E-state index contributed by atoms with van der Waals surface area (Å²) in [6.07, 6.45) is 21.7. The molecular weight excluding hydrogens is 545 g/mol. The number of carbonyl (C=O) groups excluding carboxylic acids is 1. The van der Waals surface area contributed by atoms with Crippen molar-refractivity contribution in [2.24, 2.45) is 11.8 Å². The third kappa shape index (κ3) is 9.85. The molecule has 2 aliphatic rings. The number of thioether (sulfide) groups is 1. The van der Waals surface area contributed by atoms with Crippen LogP contribution >= 0.6 is 19.7 Å². The Kier molecular flexibility index (Phi) is 13.1. The van der Waals surface area contributed by atoms with Crippen LogP contribution in [0.5, 0.6) is 0 Å². The van der Waals surface area contributed by atoms with Crippen LogP contribution < -0.4 is 5.32 Å². The van der Waals surface area contributed by atoms with Gasteiger partial charge >= 0.3 is 5.97 Å². The topological polar surface area (TPSA) is 66.4 Å². The number of carboxylic acids is 1. The van der Waals surface area contributed by atoms with E-state index in [0.717, 1.165) is 34.7 Å². The molecule has 6 heteroatoms. The number of nitrogens with one attached hydrogen (secondary N) is 1. The highest BCUT2D eigenvalue weighted by Crippen LogP contribution is 2.48. The van der Waals surface area contributed by atoms with Gasteiger partial charge in [-0.3, -0.25) is 4.79 Å². The number of hydrogen-bond acceptors (Lipinski definition) is 3. The Labute approximate surface area is 253 Å². The molecule has 0 spiro atoms. The number of carbonyl (C=O) groups is 2. The SMILES string of the molecule is CSCCC(NC(=O)c1ccc(CP(CC2CCCCCC2)CC2CCCCC2)cc1-c1ccccc1C)C(=O)O. The number of aryl methyl sites for hydroxylation is 1. The Hall–Kier alpha value is -1.84. The molecule has 4 rings (SSSR count). The molecule has 0 saturated heterocycles. The van der Waals surface area contributed by atoms with Crippen molar-refractivity contribution in [3.05, 3.63) is 59.2 Å². The molecule has 0 aromatic heterocycles. The van der Waals surface area contributed by atoms with Crippen molar-refractivity contribution < 1.29 is 14.7 Å². The van der Waals surface area contributed by atoms with E-state index in [1.54, 1.807) is 11.8 Å². The Morgan fingerprint density at radius 3 is 2.10 bits per heavy atom. The zero-order valence-electron chi connectivity index (χ0n) is 25.2. The summed E-state index contributed by atoms with van der Waals surface area (Å²) in [6.45, 7) is 2.09. The van der Waals surface area contributed by atoms with Crippen molar-refractivity contribution in [3.63, 3.8) is 0 Å². The molecule has 0 aliphatic heterocycles. The van der Waals surface area contributed by atoms with Gasteiger partial charge in [0.05, 0.1) is 0 Å². The number of benzene rings is 2. The second kappa shape index (κ2) is 16.7. The van der Waals surface area contributed by atoms with Gasteiger partial charge in [-0.15, -0.1) is 7.92 Å². The van der Waals surface area contributed by atoms with E-state index in [4.69, 9.17) is 0 Å². The normalized spacial score (nSPS) is 18.4. The van der Waals surface area contributed by atoms with Crippen LogP contribution in [0.1, 0.15) is 98.5 Å². The predicted octanol–water partition coefficient (Wildman–Crippen LogP) is 9.13. The summed E-state index contributed by atoms with van der Waals surface area (Å²) in [6, 6.07) is 13.7. The molecule has 0 heterocycles. The third-order valence-corrected chi connectivity index (χ3v) is 12.6. The van der Waals surface area contributed by atoms with Crippen molar-refractivity contribution in [2.75, 3.05) is 24.3 Å². The molecule has 0 radical (unpaired) electrons. The first-order chi connectivity index (χ1) is 19.9. The Morgan fingerprint density at radius 2 is 1.51 bits per heavy atom. The van der Waals surface area contributed by atoms with Crippen molar-refractivity contribution in [2.45, 2.75) is 96.2 Å². The summed E-state index contributed by atoms with van der Waals surface area (Å²) >= 11 is 1.59. The van der Waals surface area contributed by atoms with Crippen LogP contribution in [-0.2, 0) is 11.0 Å². The van der Waals surface area contributed by atoms with E-state index in [0.29, 0.717) is 17.7 Å². The summed E-state index contributed by atoms with van der Waals surface area (Å²) < 4.78 is 0. The largest absolute Gasteiger partial charge is 0.480 e. The van der Waals surface area contributed by atoms with Gasteiger partial charge in [0.25, 0.3) is 5.91 Å². The molecule has 2 N–H and O–H groups in total. The first kappa shape index (κ1) is 32.1. The van der Waals surface area contributed by atoms with Crippen molar-refractivity contribution in [1.29, 1.82) is 0 Å². The molecule has 224 valence electrons. The van der Waals surface area contributed by atoms with Crippen LogP contribution in [0, 0.1) is 18.8 Å². The van der Waals surface area contributed by atoms with Crippen LogP contribution in [0.4, 0.5) is 0 Å². The Balaban J connectivity index is 1.61. The average molecular weight is 596 g/mol. The molecule has 1 amide bonds. The van der Waals surface area contributed by atoms with E-state index in [1.807, 2.05) is 24.5 Å². The van der Waals surface area contributed by atoms with Gasteiger partial charge in [-0.25, -0.2) is 4.79 Å². The molecule has 2 saturated carbocycles. The fourth-order valence-corrected chi connectivity index (χ4v) is 10.6.